The van der Waals surface area contributed by atoms with Crippen LogP contribution in [0, 0.1) is 0 Å². The Hall–Kier alpha value is -2.93. The van der Waals surface area contributed by atoms with Gasteiger partial charge in [-0.3, -0.25) is 19.8 Å². The summed E-state index contributed by atoms with van der Waals surface area (Å²) in [6.45, 7) is 0.588. The van der Waals surface area contributed by atoms with Crippen LogP contribution in [0.25, 0.3) is 0 Å². The number of anilines is 1. The minimum Gasteiger partial charge on any atom is -0.477 e. The molecule has 2 aliphatic rings. The molecule has 0 radical (unpaired) electrons. The highest BCUT2D eigenvalue weighted by atomic mass is 16.5. The average molecular weight is 339 g/mol. The molecule has 1 saturated heterocycles. The smallest absolute Gasteiger partial charge is 0.274 e. The van der Waals surface area contributed by atoms with Crippen LogP contribution in [0.5, 0.6) is 5.75 Å². The van der Waals surface area contributed by atoms with Crippen molar-refractivity contribution in [2.45, 2.75) is 24.9 Å². The van der Waals surface area contributed by atoms with E-state index < -0.39 is 11.5 Å². The molecule has 2 aromatic rings. The Balaban J connectivity index is 1.60. The lowest BCUT2D eigenvalue weighted by atomic mass is 9.89. The Morgan fingerprint density at radius 1 is 1.32 bits per heavy atom. The summed E-state index contributed by atoms with van der Waals surface area (Å²) in [5, 5.41) is 8.75. The van der Waals surface area contributed by atoms with Crippen LogP contribution in [0.15, 0.2) is 42.7 Å². The average Bonchev–Trinajstić information content (AvgIpc) is 2.97. The second-order valence-corrected chi connectivity index (χ2v) is 6.28. The molecule has 1 aromatic heterocycles. The Morgan fingerprint density at radius 3 is 2.96 bits per heavy atom. The number of aryl methyl sites for hydroxylation is 1. The molecule has 2 aliphatic heterocycles. The first kappa shape index (κ1) is 15.6. The molecule has 0 aliphatic carbocycles. The second kappa shape index (κ2) is 5.86. The van der Waals surface area contributed by atoms with Crippen LogP contribution >= 0.6 is 0 Å². The van der Waals surface area contributed by atoms with Gasteiger partial charge in [-0.2, -0.15) is 0 Å². The van der Waals surface area contributed by atoms with E-state index in [0.29, 0.717) is 37.1 Å². The third-order valence-corrected chi connectivity index (χ3v) is 4.86. The fraction of sp³-hybridized carbons (Fsp3) is 0.278. The Morgan fingerprint density at radius 2 is 2.20 bits per heavy atom. The maximum absolute atomic E-state index is 13.0. The molecule has 0 bridgehead atoms. The summed E-state index contributed by atoms with van der Waals surface area (Å²) in [6, 6.07) is 8.60. The summed E-state index contributed by atoms with van der Waals surface area (Å²) < 4.78 is 6.11. The number of hydrogen-bond donors (Lipinski definition) is 2. The molecule has 25 heavy (non-hydrogen) atoms. The standard InChI is InChI=1S/C18H17N3O4/c22-16(20-24)13-3-4-15-12(10-13)5-6-18(25-15)7-9-21(17(18)23)14-2-1-8-19-11-14/h1-4,8,10-11,24H,5-7,9H2,(H,20,22). The van der Waals surface area contributed by atoms with E-state index in [-0.39, 0.29) is 5.91 Å². The molecule has 4 rings (SSSR count). The molecular formula is C18H17N3O4. The fourth-order valence-electron chi connectivity index (χ4n) is 3.51. The van der Waals surface area contributed by atoms with E-state index in [2.05, 4.69) is 4.98 Å². The number of pyridine rings is 1. The molecule has 2 N–H and O–H groups in total. The van der Waals surface area contributed by atoms with E-state index in [4.69, 9.17) is 9.94 Å². The molecular weight excluding hydrogens is 322 g/mol. The Labute approximate surface area is 144 Å². The lowest BCUT2D eigenvalue weighted by Crippen LogP contribution is -2.47. The van der Waals surface area contributed by atoms with Crippen molar-refractivity contribution in [3.63, 3.8) is 0 Å². The zero-order valence-electron chi connectivity index (χ0n) is 13.4. The van der Waals surface area contributed by atoms with Gasteiger partial charge in [0.2, 0.25) is 0 Å². The number of hydrogen-bond acceptors (Lipinski definition) is 5. The Kier molecular flexibility index (Phi) is 3.65. The number of fused-ring (bicyclic) bond motifs is 1. The molecule has 1 aromatic carbocycles. The number of rotatable bonds is 2. The van der Waals surface area contributed by atoms with Crippen LogP contribution in [-0.4, -0.2) is 34.2 Å². The molecule has 1 unspecified atom stereocenters. The van der Waals surface area contributed by atoms with Crippen molar-refractivity contribution in [2.75, 3.05) is 11.4 Å². The number of aromatic nitrogens is 1. The highest BCUT2D eigenvalue weighted by Crippen LogP contribution is 2.41. The van der Waals surface area contributed by atoms with Crippen LogP contribution in [-0.2, 0) is 11.2 Å². The van der Waals surface area contributed by atoms with Crippen LogP contribution in [0.1, 0.15) is 28.8 Å². The first-order valence-electron chi connectivity index (χ1n) is 8.11. The first-order valence-corrected chi connectivity index (χ1v) is 8.11. The zero-order chi connectivity index (χ0) is 17.4. The normalized spacial score (nSPS) is 21.8. The maximum Gasteiger partial charge on any atom is 0.274 e. The summed E-state index contributed by atoms with van der Waals surface area (Å²) >= 11 is 0. The molecule has 1 fully saturated rings. The lowest BCUT2D eigenvalue weighted by Gasteiger charge is -2.34. The van der Waals surface area contributed by atoms with E-state index in [1.54, 1.807) is 47.0 Å². The van der Waals surface area contributed by atoms with E-state index in [1.165, 1.54) is 0 Å². The molecule has 2 amide bonds. The molecule has 7 heteroatoms. The number of benzene rings is 1. The number of hydroxylamine groups is 1. The van der Waals surface area contributed by atoms with Gasteiger partial charge >= 0.3 is 0 Å². The van der Waals surface area contributed by atoms with Gasteiger partial charge in [-0.1, -0.05) is 0 Å². The van der Waals surface area contributed by atoms with Crippen molar-refractivity contribution in [1.29, 1.82) is 0 Å². The van der Waals surface area contributed by atoms with Gasteiger partial charge in [-0.25, -0.2) is 5.48 Å². The maximum atomic E-state index is 13.0. The predicted molar refractivity (Wildman–Crippen MR) is 88.6 cm³/mol. The van der Waals surface area contributed by atoms with Crippen molar-refractivity contribution < 1.29 is 19.5 Å². The van der Waals surface area contributed by atoms with Crippen molar-refractivity contribution in [3.05, 3.63) is 53.9 Å². The largest absolute Gasteiger partial charge is 0.477 e. The van der Waals surface area contributed by atoms with Gasteiger partial charge in [0.05, 0.1) is 11.9 Å². The summed E-state index contributed by atoms with van der Waals surface area (Å²) in [5.74, 6) is -0.00626. The van der Waals surface area contributed by atoms with Crippen molar-refractivity contribution in [2.24, 2.45) is 0 Å². The SMILES string of the molecule is O=C(NO)c1ccc2c(c1)CCC1(CCN(c3cccnc3)C1=O)O2. The number of nitrogens with one attached hydrogen (secondary N) is 1. The van der Waals surface area contributed by atoms with Crippen LogP contribution in [0.4, 0.5) is 5.69 Å². The van der Waals surface area contributed by atoms with Gasteiger partial charge in [0.1, 0.15) is 5.75 Å². The zero-order valence-corrected chi connectivity index (χ0v) is 13.4. The van der Waals surface area contributed by atoms with Crippen LogP contribution < -0.4 is 15.1 Å². The van der Waals surface area contributed by atoms with Gasteiger partial charge in [0.15, 0.2) is 5.60 Å². The van der Waals surface area contributed by atoms with Crippen LogP contribution in [0.3, 0.4) is 0 Å². The van der Waals surface area contributed by atoms with E-state index in [1.807, 2.05) is 6.07 Å². The number of amides is 2. The molecule has 3 heterocycles. The van der Waals surface area contributed by atoms with Gasteiger partial charge in [0, 0.05) is 31.1 Å². The summed E-state index contributed by atoms with van der Waals surface area (Å²) in [7, 11) is 0. The van der Waals surface area contributed by atoms with Gasteiger partial charge in [0.25, 0.3) is 11.8 Å². The fourth-order valence-corrected chi connectivity index (χ4v) is 3.51. The summed E-state index contributed by atoms with van der Waals surface area (Å²) in [5.41, 5.74) is 2.75. The van der Waals surface area contributed by atoms with Crippen molar-refractivity contribution in [3.8, 4) is 5.75 Å². The molecule has 0 saturated carbocycles. The molecule has 1 atom stereocenters. The topological polar surface area (TPSA) is 91.8 Å². The number of ether oxygens (including phenoxy) is 1. The monoisotopic (exact) mass is 339 g/mol. The first-order chi connectivity index (χ1) is 12.1. The number of carbonyl (C=O) groups excluding carboxylic acids is 2. The quantitative estimate of drug-likeness (QED) is 0.642. The third-order valence-electron chi connectivity index (χ3n) is 4.86. The number of nitrogens with zero attached hydrogens (tertiary/aromatic N) is 2. The highest BCUT2D eigenvalue weighted by molar-refractivity contribution is 6.02. The lowest BCUT2D eigenvalue weighted by molar-refractivity contribution is -0.131. The summed E-state index contributed by atoms with van der Waals surface area (Å²) in [4.78, 5) is 30.3. The van der Waals surface area contributed by atoms with E-state index >= 15 is 0 Å². The minimum atomic E-state index is -0.858. The van der Waals surface area contributed by atoms with Crippen LogP contribution in [0.2, 0.25) is 0 Å². The van der Waals surface area contributed by atoms with Gasteiger partial charge < -0.3 is 9.64 Å². The second-order valence-electron chi connectivity index (χ2n) is 6.28. The van der Waals surface area contributed by atoms with Crippen molar-refractivity contribution in [1.82, 2.24) is 10.5 Å². The predicted octanol–water partition coefficient (Wildman–Crippen LogP) is 1.70. The molecule has 1 spiro atoms. The van der Waals surface area contributed by atoms with E-state index in [9.17, 15) is 9.59 Å². The van der Waals surface area contributed by atoms with Gasteiger partial charge in [-0.15, -0.1) is 0 Å². The highest BCUT2D eigenvalue weighted by Gasteiger charge is 2.51. The molecule has 7 nitrogen and oxygen atoms in total. The van der Waals surface area contributed by atoms with E-state index in [0.717, 1.165) is 11.3 Å². The van der Waals surface area contributed by atoms with Crippen molar-refractivity contribution >= 4 is 17.5 Å². The third kappa shape index (κ3) is 2.53. The van der Waals surface area contributed by atoms with Gasteiger partial charge in [-0.05, 0) is 42.3 Å². The minimum absolute atomic E-state index is 0.0525. The summed E-state index contributed by atoms with van der Waals surface area (Å²) in [6.07, 6.45) is 5.15. The molecule has 128 valence electrons. The number of carbonyl (C=O) groups is 2. The Bertz CT molecular complexity index is 839.